The Balaban J connectivity index is 1.77. The van der Waals surface area contributed by atoms with Crippen LogP contribution in [0.2, 0.25) is 0 Å². The molecule has 0 aromatic heterocycles. The SMILES string of the molecule is Cc1ccc(CCC(=O)NCc2ccccc2NC(=O)CCNC(=O)OC(C)(C)C)cc1. The highest BCUT2D eigenvalue weighted by Crippen LogP contribution is 2.15. The molecule has 0 aliphatic rings. The van der Waals surface area contributed by atoms with Gasteiger partial charge < -0.3 is 20.7 Å². The van der Waals surface area contributed by atoms with Crippen LogP contribution < -0.4 is 16.0 Å². The molecule has 7 nitrogen and oxygen atoms in total. The van der Waals surface area contributed by atoms with Gasteiger partial charge in [-0.2, -0.15) is 0 Å². The van der Waals surface area contributed by atoms with Crippen molar-refractivity contribution in [2.24, 2.45) is 0 Å². The summed E-state index contributed by atoms with van der Waals surface area (Å²) in [6.07, 6.45) is 0.624. The summed E-state index contributed by atoms with van der Waals surface area (Å²) >= 11 is 0. The third kappa shape index (κ3) is 9.64. The smallest absolute Gasteiger partial charge is 0.407 e. The van der Waals surface area contributed by atoms with Crippen molar-refractivity contribution in [2.75, 3.05) is 11.9 Å². The van der Waals surface area contributed by atoms with Crippen LogP contribution >= 0.6 is 0 Å². The van der Waals surface area contributed by atoms with E-state index in [0.29, 0.717) is 25.1 Å². The van der Waals surface area contributed by atoms with Crippen LogP contribution in [0.25, 0.3) is 0 Å². The predicted molar refractivity (Wildman–Crippen MR) is 125 cm³/mol. The largest absolute Gasteiger partial charge is 0.444 e. The van der Waals surface area contributed by atoms with Gasteiger partial charge in [-0.1, -0.05) is 48.0 Å². The molecule has 0 aliphatic carbocycles. The number of para-hydroxylation sites is 1. The monoisotopic (exact) mass is 439 g/mol. The summed E-state index contributed by atoms with van der Waals surface area (Å²) in [5, 5.41) is 8.31. The maximum Gasteiger partial charge on any atom is 0.407 e. The van der Waals surface area contributed by atoms with Gasteiger partial charge in [-0.15, -0.1) is 0 Å². The average molecular weight is 440 g/mol. The number of amides is 3. The molecule has 32 heavy (non-hydrogen) atoms. The molecule has 0 saturated carbocycles. The van der Waals surface area contributed by atoms with E-state index in [1.807, 2.05) is 49.4 Å². The fourth-order valence-corrected chi connectivity index (χ4v) is 2.90. The van der Waals surface area contributed by atoms with E-state index in [1.54, 1.807) is 26.8 Å². The first-order chi connectivity index (χ1) is 15.1. The van der Waals surface area contributed by atoms with Gasteiger partial charge in [0.15, 0.2) is 0 Å². The Bertz CT molecular complexity index is 918. The molecule has 2 aromatic rings. The van der Waals surface area contributed by atoms with E-state index >= 15 is 0 Å². The summed E-state index contributed by atoms with van der Waals surface area (Å²) in [6, 6.07) is 15.5. The Morgan fingerprint density at radius 2 is 1.56 bits per heavy atom. The van der Waals surface area contributed by atoms with Crippen LogP contribution in [0.4, 0.5) is 10.5 Å². The van der Waals surface area contributed by atoms with Crippen LogP contribution in [0.15, 0.2) is 48.5 Å². The highest BCUT2D eigenvalue weighted by Gasteiger charge is 2.16. The summed E-state index contributed by atoms with van der Waals surface area (Å²) in [5.74, 6) is -0.285. The standard InChI is InChI=1S/C25H33N3O4/c1-18-9-11-19(12-10-18)13-14-22(29)27-17-20-7-5-6-8-21(20)28-23(30)15-16-26-24(31)32-25(2,3)4/h5-12H,13-17H2,1-4H3,(H,26,31)(H,27,29)(H,28,30). The van der Waals surface area contributed by atoms with Crippen LogP contribution in [-0.2, 0) is 27.3 Å². The molecule has 0 fully saturated rings. The summed E-state index contributed by atoms with van der Waals surface area (Å²) < 4.78 is 5.14. The molecular weight excluding hydrogens is 406 g/mol. The van der Waals surface area contributed by atoms with Crippen LogP contribution in [0, 0.1) is 6.92 Å². The maximum atomic E-state index is 12.3. The van der Waals surface area contributed by atoms with Gasteiger partial charge in [0.2, 0.25) is 11.8 Å². The lowest BCUT2D eigenvalue weighted by molar-refractivity contribution is -0.121. The molecule has 0 saturated heterocycles. The third-order valence-corrected chi connectivity index (χ3v) is 4.55. The molecule has 3 N–H and O–H groups in total. The van der Waals surface area contributed by atoms with Crippen molar-refractivity contribution in [3.8, 4) is 0 Å². The zero-order chi connectivity index (χ0) is 23.6. The van der Waals surface area contributed by atoms with Crippen molar-refractivity contribution in [2.45, 2.75) is 59.1 Å². The topological polar surface area (TPSA) is 96.5 Å². The van der Waals surface area contributed by atoms with Crippen molar-refractivity contribution in [3.63, 3.8) is 0 Å². The van der Waals surface area contributed by atoms with E-state index in [9.17, 15) is 14.4 Å². The number of ether oxygens (including phenoxy) is 1. The zero-order valence-electron chi connectivity index (χ0n) is 19.3. The number of alkyl carbamates (subject to hydrolysis) is 1. The van der Waals surface area contributed by atoms with Crippen LogP contribution in [0.5, 0.6) is 0 Å². The Hall–Kier alpha value is -3.35. The summed E-state index contributed by atoms with van der Waals surface area (Å²) in [7, 11) is 0. The van der Waals surface area contributed by atoms with E-state index in [2.05, 4.69) is 16.0 Å². The van der Waals surface area contributed by atoms with Gasteiger partial charge in [-0.05, 0) is 51.3 Å². The number of carbonyl (C=O) groups is 3. The normalized spacial score (nSPS) is 10.9. The number of benzene rings is 2. The van der Waals surface area contributed by atoms with Gasteiger partial charge in [0.05, 0.1) is 0 Å². The molecular formula is C25H33N3O4. The first kappa shape index (κ1) is 24.9. The second kappa shape index (κ2) is 11.9. The highest BCUT2D eigenvalue weighted by atomic mass is 16.6. The lowest BCUT2D eigenvalue weighted by Gasteiger charge is -2.19. The Labute approximate surface area is 189 Å². The number of hydrogen-bond acceptors (Lipinski definition) is 4. The number of anilines is 1. The lowest BCUT2D eigenvalue weighted by Crippen LogP contribution is -2.34. The lowest BCUT2D eigenvalue weighted by atomic mass is 10.1. The van der Waals surface area contributed by atoms with Crippen molar-refractivity contribution in [1.29, 1.82) is 0 Å². The second-order valence-electron chi connectivity index (χ2n) is 8.65. The highest BCUT2D eigenvalue weighted by molar-refractivity contribution is 5.92. The first-order valence-corrected chi connectivity index (χ1v) is 10.8. The molecule has 0 heterocycles. The minimum absolute atomic E-state index is 0.0479. The second-order valence-corrected chi connectivity index (χ2v) is 8.65. The van der Waals surface area contributed by atoms with Gasteiger partial charge in [0.1, 0.15) is 5.60 Å². The van der Waals surface area contributed by atoms with Crippen molar-refractivity contribution >= 4 is 23.6 Å². The van der Waals surface area contributed by atoms with E-state index in [-0.39, 0.29) is 24.8 Å². The fraction of sp³-hybridized carbons (Fsp3) is 0.400. The minimum Gasteiger partial charge on any atom is -0.444 e. The molecule has 0 spiro atoms. The first-order valence-electron chi connectivity index (χ1n) is 10.8. The fourth-order valence-electron chi connectivity index (χ4n) is 2.90. The molecule has 7 heteroatoms. The summed E-state index contributed by atoms with van der Waals surface area (Å²) in [5.41, 5.74) is 3.17. The van der Waals surface area contributed by atoms with Crippen molar-refractivity contribution < 1.29 is 19.1 Å². The van der Waals surface area contributed by atoms with Gasteiger partial charge in [-0.3, -0.25) is 9.59 Å². The molecule has 0 atom stereocenters. The van der Waals surface area contributed by atoms with Gasteiger partial charge >= 0.3 is 6.09 Å². The van der Waals surface area contributed by atoms with Gasteiger partial charge in [0, 0.05) is 31.6 Å². The molecule has 172 valence electrons. The number of rotatable bonds is 9. The maximum absolute atomic E-state index is 12.3. The third-order valence-electron chi connectivity index (χ3n) is 4.55. The Morgan fingerprint density at radius 3 is 2.25 bits per heavy atom. The molecule has 3 amide bonds. The minimum atomic E-state index is -0.587. The number of carbonyl (C=O) groups excluding carboxylic acids is 3. The van der Waals surface area contributed by atoms with E-state index < -0.39 is 11.7 Å². The van der Waals surface area contributed by atoms with E-state index in [1.165, 1.54) is 5.56 Å². The Kier molecular flexibility index (Phi) is 9.25. The van der Waals surface area contributed by atoms with Gasteiger partial charge in [0.25, 0.3) is 0 Å². The number of hydrogen-bond donors (Lipinski definition) is 3. The molecule has 2 rings (SSSR count). The molecule has 0 aliphatic heterocycles. The molecule has 0 radical (unpaired) electrons. The quantitative estimate of drug-likeness (QED) is 0.548. The number of aryl methyl sites for hydroxylation is 2. The predicted octanol–water partition coefficient (Wildman–Crippen LogP) is 4.10. The Morgan fingerprint density at radius 1 is 0.875 bits per heavy atom. The van der Waals surface area contributed by atoms with Crippen LogP contribution in [-0.4, -0.2) is 30.1 Å². The van der Waals surface area contributed by atoms with Crippen LogP contribution in [0.3, 0.4) is 0 Å². The number of nitrogens with one attached hydrogen (secondary N) is 3. The van der Waals surface area contributed by atoms with E-state index in [0.717, 1.165) is 11.1 Å². The molecule has 2 aromatic carbocycles. The molecule has 0 unspecified atom stereocenters. The summed E-state index contributed by atoms with van der Waals surface area (Å²) in [6.45, 7) is 7.84. The van der Waals surface area contributed by atoms with Crippen molar-refractivity contribution in [3.05, 3.63) is 65.2 Å². The van der Waals surface area contributed by atoms with Crippen LogP contribution in [0.1, 0.15) is 50.3 Å². The van der Waals surface area contributed by atoms with E-state index in [4.69, 9.17) is 4.74 Å². The van der Waals surface area contributed by atoms with Crippen molar-refractivity contribution in [1.82, 2.24) is 10.6 Å². The molecule has 0 bridgehead atoms. The summed E-state index contributed by atoms with van der Waals surface area (Å²) in [4.78, 5) is 36.2. The van der Waals surface area contributed by atoms with Gasteiger partial charge in [-0.25, -0.2) is 4.79 Å². The average Bonchev–Trinajstić information content (AvgIpc) is 2.71. The zero-order valence-corrected chi connectivity index (χ0v) is 19.3.